The third kappa shape index (κ3) is 2.29. The molecule has 7 heteroatoms. The van der Waals surface area contributed by atoms with Gasteiger partial charge in [-0.15, -0.1) is 0 Å². The van der Waals surface area contributed by atoms with Crippen molar-refractivity contribution in [1.29, 1.82) is 0 Å². The second kappa shape index (κ2) is 4.97. The van der Waals surface area contributed by atoms with E-state index in [1.165, 1.54) is 0 Å². The molecule has 0 saturated carbocycles. The second-order valence-corrected chi connectivity index (χ2v) is 5.63. The summed E-state index contributed by atoms with van der Waals surface area (Å²) in [5.74, 6) is 0. The first-order valence-corrected chi connectivity index (χ1v) is 6.90. The molecule has 0 radical (unpaired) electrons. The number of rotatable bonds is 2. The third-order valence-electron chi connectivity index (χ3n) is 2.74. The number of hydrogen-bond acceptors (Lipinski definition) is 3. The highest BCUT2D eigenvalue weighted by Crippen LogP contribution is 2.20. The average molecular weight is 376 g/mol. The van der Waals surface area contributed by atoms with Crippen LogP contribution in [0.1, 0.15) is 17.1 Å². The van der Waals surface area contributed by atoms with Crippen LogP contribution >= 0.6 is 31.9 Å². The lowest BCUT2D eigenvalue weighted by Gasteiger charge is -2.07. The summed E-state index contributed by atoms with van der Waals surface area (Å²) in [5, 5.41) is 4.30. The SMILES string of the molecule is Cc1nn(C)c(Cn2cnc(C)c(Br)c2=O)c1Br. The number of halogens is 2. The average Bonchev–Trinajstić information content (AvgIpc) is 2.56. The quantitative estimate of drug-likeness (QED) is 0.808. The molecule has 0 aliphatic rings. The molecule has 0 aliphatic carbocycles. The van der Waals surface area contributed by atoms with Crippen LogP contribution in [0.5, 0.6) is 0 Å². The van der Waals surface area contributed by atoms with Gasteiger partial charge in [0, 0.05) is 7.05 Å². The lowest BCUT2D eigenvalue weighted by Crippen LogP contribution is -2.23. The molecule has 0 fully saturated rings. The zero-order valence-corrected chi connectivity index (χ0v) is 13.4. The van der Waals surface area contributed by atoms with Gasteiger partial charge in [0.25, 0.3) is 5.56 Å². The molecule has 0 bridgehead atoms. The van der Waals surface area contributed by atoms with Gasteiger partial charge < -0.3 is 0 Å². The first kappa shape index (κ1) is 13.5. The first-order chi connectivity index (χ1) is 8.41. The van der Waals surface area contributed by atoms with Crippen LogP contribution in [0, 0.1) is 13.8 Å². The van der Waals surface area contributed by atoms with Crippen LogP contribution in [-0.2, 0) is 13.6 Å². The van der Waals surface area contributed by atoms with Crippen LogP contribution in [0.15, 0.2) is 20.1 Å². The van der Waals surface area contributed by atoms with Gasteiger partial charge in [-0.05, 0) is 45.7 Å². The van der Waals surface area contributed by atoms with E-state index >= 15 is 0 Å². The summed E-state index contributed by atoms with van der Waals surface area (Å²) in [6, 6.07) is 0. The standard InChI is InChI=1S/C11H12Br2N4O/c1-6-10(13)11(18)17(5-14-6)4-8-9(12)7(2)15-16(8)3/h5H,4H2,1-3H3. The van der Waals surface area contributed by atoms with Gasteiger partial charge in [0.2, 0.25) is 0 Å². The normalized spacial score (nSPS) is 10.9. The molecule has 2 aromatic rings. The Morgan fingerprint density at radius 3 is 2.44 bits per heavy atom. The van der Waals surface area contributed by atoms with Gasteiger partial charge in [-0.1, -0.05) is 0 Å². The third-order valence-corrected chi connectivity index (χ3v) is 4.68. The molecule has 2 heterocycles. The molecule has 0 amide bonds. The maximum absolute atomic E-state index is 12.1. The summed E-state index contributed by atoms with van der Waals surface area (Å²) in [7, 11) is 1.86. The van der Waals surface area contributed by atoms with Gasteiger partial charge in [0.05, 0.1) is 34.4 Å². The van der Waals surface area contributed by atoms with Crippen molar-refractivity contribution < 1.29 is 0 Å². The Labute approximate surface area is 121 Å². The van der Waals surface area contributed by atoms with Crippen molar-refractivity contribution in [3.8, 4) is 0 Å². The van der Waals surface area contributed by atoms with Crippen molar-refractivity contribution in [3.63, 3.8) is 0 Å². The van der Waals surface area contributed by atoms with Crippen molar-refractivity contribution in [3.05, 3.63) is 42.7 Å². The van der Waals surface area contributed by atoms with E-state index < -0.39 is 0 Å². The highest BCUT2D eigenvalue weighted by molar-refractivity contribution is 9.10. The molecule has 96 valence electrons. The summed E-state index contributed by atoms with van der Waals surface area (Å²) >= 11 is 6.74. The zero-order valence-electron chi connectivity index (χ0n) is 10.2. The number of nitrogens with zero attached hydrogens (tertiary/aromatic N) is 4. The fraction of sp³-hybridized carbons (Fsp3) is 0.364. The summed E-state index contributed by atoms with van der Waals surface area (Å²) in [6.45, 7) is 4.14. The van der Waals surface area contributed by atoms with Gasteiger partial charge in [-0.3, -0.25) is 14.0 Å². The fourth-order valence-corrected chi connectivity index (χ4v) is 2.46. The van der Waals surface area contributed by atoms with Gasteiger partial charge in [0.1, 0.15) is 4.47 Å². The molecule has 0 saturated heterocycles. The number of hydrogen-bond donors (Lipinski definition) is 0. The van der Waals surface area contributed by atoms with Crippen LogP contribution in [0.25, 0.3) is 0 Å². The van der Waals surface area contributed by atoms with E-state index in [4.69, 9.17) is 0 Å². The van der Waals surface area contributed by atoms with Crippen molar-refractivity contribution in [2.75, 3.05) is 0 Å². The Balaban J connectivity index is 2.47. The van der Waals surface area contributed by atoms with E-state index in [0.29, 0.717) is 16.7 Å². The first-order valence-electron chi connectivity index (χ1n) is 5.31. The molecule has 2 aromatic heterocycles. The smallest absolute Gasteiger partial charge is 0.268 e. The minimum atomic E-state index is -0.0896. The molecule has 0 atom stereocenters. The van der Waals surface area contributed by atoms with E-state index in [1.54, 1.807) is 22.5 Å². The maximum atomic E-state index is 12.1. The van der Waals surface area contributed by atoms with Crippen LogP contribution in [0.4, 0.5) is 0 Å². The van der Waals surface area contributed by atoms with E-state index in [2.05, 4.69) is 41.9 Å². The number of aromatic nitrogens is 4. The lowest BCUT2D eigenvalue weighted by molar-refractivity contribution is 0.638. The summed E-state index contributed by atoms with van der Waals surface area (Å²) < 4.78 is 4.74. The summed E-state index contributed by atoms with van der Waals surface area (Å²) in [6.07, 6.45) is 1.55. The monoisotopic (exact) mass is 374 g/mol. The van der Waals surface area contributed by atoms with E-state index in [-0.39, 0.29) is 5.56 Å². The Morgan fingerprint density at radius 1 is 1.22 bits per heavy atom. The van der Waals surface area contributed by atoms with Gasteiger partial charge >= 0.3 is 0 Å². The summed E-state index contributed by atoms with van der Waals surface area (Å²) in [4.78, 5) is 16.2. The predicted molar refractivity (Wildman–Crippen MR) is 75.7 cm³/mol. The van der Waals surface area contributed by atoms with Crippen LogP contribution in [0.3, 0.4) is 0 Å². The lowest BCUT2D eigenvalue weighted by atomic mass is 10.3. The molecule has 0 unspecified atom stereocenters. The predicted octanol–water partition coefficient (Wildman–Crippen LogP) is 2.17. The molecular formula is C11H12Br2N4O. The van der Waals surface area contributed by atoms with Gasteiger partial charge in [-0.2, -0.15) is 5.10 Å². The molecule has 0 aliphatic heterocycles. The Kier molecular flexibility index (Phi) is 3.72. The molecule has 5 nitrogen and oxygen atoms in total. The molecule has 0 aromatic carbocycles. The van der Waals surface area contributed by atoms with Crippen molar-refractivity contribution >= 4 is 31.9 Å². The van der Waals surface area contributed by atoms with Crippen molar-refractivity contribution in [1.82, 2.24) is 19.3 Å². The summed E-state index contributed by atoms with van der Waals surface area (Å²) in [5.41, 5.74) is 2.44. The molecular weight excluding hydrogens is 364 g/mol. The molecule has 2 rings (SSSR count). The Bertz CT molecular complexity index is 660. The second-order valence-electron chi connectivity index (χ2n) is 4.05. The maximum Gasteiger partial charge on any atom is 0.268 e. The minimum Gasteiger partial charge on any atom is -0.292 e. The molecule has 0 N–H and O–H groups in total. The van der Waals surface area contributed by atoms with E-state index in [9.17, 15) is 4.79 Å². The highest BCUT2D eigenvalue weighted by atomic mass is 79.9. The van der Waals surface area contributed by atoms with Crippen LogP contribution in [0.2, 0.25) is 0 Å². The topological polar surface area (TPSA) is 52.7 Å². The van der Waals surface area contributed by atoms with Crippen LogP contribution < -0.4 is 5.56 Å². The Hall–Kier alpha value is -0.950. The number of aryl methyl sites for hydroxylation is 3. The highest BCUT2D eigenvalue weighted by Gasteiger charge is 2.13. The fourth-order valence-electron chi connectivity index (χ4n) is 1.67. The van der Waals surface area contributed by atoms with Crippen molar-refractivity contribution in [2.24, 2.45) is 7.05 Å². The van der Waals surface area contributed by atoms with E-state index in [1.807, 2.05) is 14.0 Å². The Morgan fingerprint density at radius 2 is 1.89 bits per heavy atom. The zero-order chi connectivity index (χ0) is 13.4. The van der Waals surface area contributed by atoms with Gasteiger partial charge in [0.15, 0.2) is 0 Å². The molecule has 18 heavy (non-hydrogen) atoms. The van der Waals surface area contributed by atoms with Gasteiger partial charge in [-0.25, -0.2) is 4.98 Å². The minimum absolute atomic E-state index is 0.0896. The van der Waals surface area contributed by atoms with E-state index in [0.717, 1.165) is 15.9 Å². The molecule has 0 spiro atoms. The largest absolute Gasteiger partial charge is 0.292 e. The van der Waals surface area contributed by atoms with Crippen molar-refractivity contribution in [2.45, 2.75) is 20.4 Å². The van der Waals surface area contributed by atoms with Crippen LogP contribution in [-0.4, -0.2) is 19.3 Å².